The normalized spacial score (nSPS) is 20.7. The number of rotatable bonds is 4. The summed E-state index contributed by atoms with van der Waals surface area (Å²) in [5.41, 5.74) is 0.900. The Morgan fingerprint density at radius 1 is 1.28 bits per heavy atom. The number of benzene rings is 1. The van der Waals surface area contributed by atoms with Crippen molar-refractivity contribution in [2.45, 2.75) is 19.9 Å². The van der Waals surface area contributed by atoms with Crippen molar-refractivity contribution in [3.8, 4) is 5.75 Å². The summed E-state index contributed by atoms with van der Waals surface area (Å²) in [5.74, 6) is 1.27. The maximum Gasteiger partial charge on any atom is 0.253 e. The molecule has 18 heavy (non-hydrogen) atoms. The van der Waals surface area contributed by atoms with Gasteiger partial charge in [-0.15, -0.1) is 0 Å². The molecule has 96 valence electrons. The van der Waals surface area contributed by atoms with Crippen molar-refractivity contribution in [2.75, 3.05) is 13.2 Å². The molecule has 0 saturated carbocycles. The first kappa shape index (κ1) is 12.4. The molecule has 1 aliphatic heterocycles. The average Bonchev–Trinajstić information content (AvgIpc) is 2.72. The highest BCUT2D eigenvalue weighted by molar-refractivity contribution is 6.06. The molecule has 0 aromatic heterocycles. The van der Waals surface area contributed by atoms with E-state index in [-0.39, 0.29) is 11.9 Å². The molecule has 1 aromatic carbocycles. The minimum Gasteiger partial charge on any atom is -0.494 e. The van der Waals surface area contributed by atoms with E-state index in [1.54, 1.807) is 0 Å². The number of carbonyl (C=O) groups excluding carboxylic acids is 1. The van der Waals surface area contributed by atoms with Crippen LogP contribution in [0.5, 0.6) is 5.75 Å². The Morgan fingerprint density at radius 2 is 2.00 bits per heavy atom. The third kappa shape index (κ3) is 2.61. The lowest BCUT2D eigenvalue weighted by Gasteiger charge is -2.09. The molecule has 1 aromatic rings. The van der Waals surface area contributed by atoms with Gasteiger partial charge in [0, 0.05) is 6.54 Å². The molecule has 1 fully saturated rings. The van der Waals surface area contributed by atoms with Crippen LogP contribution in [0.1, 0.15) is 25.5 Å². The zero-order valence-electron chi connectivity index (χ0n) is 10.6. The van der Waals surface area contributed by atoms with Crippen molar-refractivity contribution >= 4 is 11.9 Å². The van der Waals surface area contributed by atoms with E-state index in [9.17, 15) is 4.79 Å². The van der Waals surface area contributed by atoms with Gasteiger partial charge in [-0.25, -0.2) is 0 Å². The largest absolute Gasteiger partial charge is 0.494 e. The monoisotopic (exact) mass is 247 g/mol. The van der Waals surface area contributed by atoms with Crippen LogP contribution >= 0.6 is 0 Å². The number of ether oxygens (including phenoxy) is 1. The Kier molecular flexibility index (Phi) is 3.82. The summed E-state index contributed by atoms with van der Waals surface area (Å²) < 4.78 is 5.37. The Balaban J connectivity index is 2.12. The maximum atomic E-state index is 11.8. The molecular formula is C13H17N3O2. The third-order valence-electron chi connectivity index (χ3n) is 2.63. The molecule has 1 unspecified atom stereocenters. The van der Waals surface area contributed by atoms with Gasteiger partial charge >= 0.3 is 0 Å². The van der Waals surface area contributed by atoms with E-state index in [0.717, 1.165) is 11.3 Å². The molecule has 1 aliphatic rings. The van der Waals surface area contributed by atoms with Crippen LogP contribution in [-0.4, -0.2) is 25.0 Å². The fourth-order valence-electron chi connectivity index (χ4n) is 1.83. The number of amides is 1. The molecular weight excluding hydrogens is 230 g/mol. The van der Waals surface area contributed by atoms with Crippen molar-refractivity contribution in [1.82, 2.24) is 10.6 Å². The molecule has 2 N–H and O–H groups in total. The second-order valence-electron chi connectivity index (χ2n) is 3.89. The van der Waals surface area contributed by atoms with Crippen molar-refractivity contribution in [1.29, 1.82) is 0 Å². The summed E-state index contributed by atoms with van der Waals surface area (Å²) >= 11 is 0. The topological polar surface area (TPSA) is 62.7 Å². The molecule has 1 heterocycles. The number of aliphatic imine (C=N–C) groups is 1. The van der Waals surface area contributed by atoms with Crippen molar-refractivity contribution in [2.24, 2.45) is 4.99 Å². The summed E-state index contributed by atoms with van der Waals surface area (Å²) in [5, 5.41) is 5.77. The SMILES string of the molecule is CCN=C1NC(=O)C(c2ccc(OCC)cc2)N1. The highest BCUT2D eigenvalue weighted by Crippen LogP contribution is 2.20. The van der Waals surface area contributed by atoms with Gasteiger partial charge in [-0.05, 0) is 31.5 Å². The number of nitrogens with zero attached hydrogens (tertiary/aromatic N) is 1. The van der Waals surface area contributed by atoms with Crippen molar-refractivity contribution in [3.05, 3.63) is 29.8 Å². The Labute approximate surface area is 106 Å². The van der Waals surface area contributed by atoms with Gasteiger partial charge in [-0.2, -0.15) is 0 Å². The second kappa shape index (κ2) is 5.53. The summed E-state index contributed by atoms with van der Waals surface area (Å²) in [4.78, 5) is 15.9. The first-order valence-electron chi connectivity index (χ1n) is 6.09. The number of nitrogens with one attached hydrogen (secondary N) is 2. The van der Waals surface area contributed by atoms with Gasteiger partial charge in [0.2, 0.25) is 0 Å². The van der Waals surface area contributed by atoms with Crippen molar-refractivity contribution < 1.29 is 9.53 Å². The lowest BCUT2D eigenvalue weighted by molar-refractivity contribution is -0.120. The molecule has 1 saturated heterocycles. The average molecular weight is 247 g/mol. The summed E-state index contributed by atoms with van der Waals surface area (Å²) in [7, 11) is 0. The minimum absolute atomic E-state index is 0.0774. The van der Waals surface area contributed by atoms with Crippen LogP contribution in [0.4, 0.5) is 0 Å². The van der Waals surface area contributed by atoms with Crippen LogP contribution in [0, 0.1) is 0 Å². The van der Waals surface area contributed by atoms with Gasteiger partial charge in [0.05, 0.1) is 6.61 Å². The van der Waals surface area contributed by atoms with E-state index >= 15 is 0 Å². The summed E-state index contributed by atoms with van der Waals surface area (Å²) in [6, 6.07) is 7.13. The highest BCUT2D eigenvalue weighted by Gasteiger charge is 2.29. The van der Waals surface area contributed by atoms with E-state index in [4.69, 9.17) is 4.74 Å². The van der Waals surface area contributed by atoms with Gasteiger partial charge < -0.3 is 10.1 Å². The van der Waals surface area contributed by atoms with Crippen LogP contribution < -0.4 is 15.4 Å². The fourth-order valence-corrected chi connectivity index (χ4v) is 1.83. The standard InChI is InChI=1S/C13H17N3O2/c1-3-14-13-15-11(12(17)16-13)9-5-7-10(8-6-9)18-4-2/h5-8,11H,3-4H2,1-2H3,(H2,14,15,16,17). The number of hydrogen-bond donors (Lipinski definition) is 2. The molecule has 0 radical (unpaired) electrons. The fraction of sp³-hybridized carbons (Fsp3) is 0.385. The Hall–Kier alpha value is -2.04. The van der Waals surface area contributed by atoms with Gasteiger partial charge in [0.1, 0.15) is 11.8 Å². The molecule has 1 amide bonds. The quantitative estimate of drug-likeness (QED) is 0.841. The van der Waals surface area contributed by atoms with Crippen LogP contribution in [0.2, 0.25) is 0 Å². The summed E-state index contributed by atoms with van der Waals surface area (Å²) in [6.07, 6.45) is 0. The van der Waals surface area contributed by atoms with Gasteiger partial charge in [-0.3, -0.25) is 15.1 Å². The molecule has 0 spiro atoms. The Bertz CT molecular complexity index is 454. The molecule has 2 rings (SSSR count). The number of guanidine groups is 1. The molecule has 0 aliphatic carbocycles. The molecule has 0 bridgehead atoms. The van der Waals surface area contributed by atoms with Crippen LogP contribution in [-0.2, 0) is 4.79 Å². The number of carbonyl (C=O) groups is 1. The molecule has 5 nitrogen and oxygen atoms in total. The molecule has 1 atom stereocenters. The van der Waals surface area contributed by atoms with Gasteiger partial charge in [0.15, 0.2) is 5.96 Å². The van der Waals surface area contributed by atoms with Crippen LogP contribution in [0.3, 0.4) is 0 Å². The predicted molar refractivity (Wildman–Crippen MR) is 69.6 cm³/mol. The van der Waals surface area contributed by atoms with E-state index in [2.05, 4.69) is 15.6 Å². The predicted octanol–water partition coefficient (Wildman–Crippen LogP) is 1.22. The van der Waals surface area contributed by atoms with Crippen LogP contribution in [0.25, 0.3) is 0 Å². The number of hydrogen-bond acceptors (Lipinski definition) is 3. The third-order valence-corrected chi connectivity index (χ3v) is 2.63. The second-order valence-corrected chi connectivity index (χ2v) is 3.89. The van der Waals surface area contributed by atoms with Crippen molar-refractivity contribution in [3.63, 3.8) is 0 Å². The zero-order valence-corrected chi connectivity index (χ0v) is 10.6. The van der Waals surface area contributed by atoms with Gasteiger partial charge in [-0.1, -0.05) is 12.1 Å². The van der Waals surface area contributed by atoms with E-state index in [1.807, 2.05) is 38.1 Å². The minimum atomic E-state index is -0.369. The van der Waals surface area contributed by atoms with E-state index < -0.39 is 0 Å². The summed E-state index contributed by atoms with van der Waals surface area (Å²) in [6.45, 7) is 5.13. The lowest BCUT2D eigenvalue weighted by Crippen LogP contribution is -2.25. The van der Waals surface area contributed by atoms with E-state index in [0.29, 0.717) is 19.1 Å². The Morgan fingerprint density at radius 3 is 2.61 bits per heavy atom. The van der Waals surface area contributed by atoms with Crippen LogP contribution in [0.15, 0.2) is 29.3 Å². The maximum absolute atomic E-state index is 11.8. The first-order chi connectivity index (χ1) is 8.74. The first-order valence-corrected chi connectivity index (χ1v) is 6.09. The lowest BCUT2D eigenvalue weighted by atomic mass is 10.1. The molecule has 5 heteroatoms. The highest BCUT2D eigenvalue weighted by atomic mass is 16.5. The smallest absolute Gasteiger partial charge is 0.253 e. The zero-order chi connectivity index (χ0) is 13.0. The van der Waals surface area contributed by atoms with Gasteiger partial charge in [0.25, 0.3) is 5.91 Å². The van der Waals surface area contributed by atoms with E-state index in [1.165, 1.54) is 0 Å².